The molecule has 134 valence electrons. The first-order valence-corrected chi connectivity index (χ1v) is 9.85. The Balaban J connectivity index is 1.89. The van der Waals surface area contributed by atoms with Gasteiger partial charge in [0, 0.05) is 28.7 Å². The lowest BCUT2D eigenvalue weighted by molar-refractivity contribution is -0.115. The number of rotatable bonds is 9. The highest BCUT2D eigenvalue weighted by Crippen LogP contribution is 2.33. The van der Waals surface area contributed by atoms with Crippen molar-refractivity contribution in [2.24, 2.45) is 0 Å². The Bertz CT molecular complexity index is 714. The molecule has 0 spiro atoms. The number of carbonyl (C=O) groups is 1. The van der Waals surface area contributed by atoms with Crippen molar-refractivity contribution in [3.63, 3.8) is 0 Å². The zero-order chi connectivity index (χ0) is 18.1. The smallest absolute Gasteiger partial charge is 0.225 e. The largest absolute Gasteiger partial charge is 0.487 e. The Labute approximate surface area is 165 Å². The molecule has 2 rings (SSSR count). The summed E-state index contributed by atoms with van der Waals surface area (Å²) in [5.41, 5.74) is 0.569. The molecule has 0 unspecified atom stereocenters. The number of thioether (sulfide) groups is 1. The van der Waals surface area contributed by atoms with Gasteiger partial charge in [0.25, 0.3) is 0 Å². The SMILES string of the molecule is COCCOc1c(Cl)cccc1NC(=O)CCSc1ccccc1Br. The molecule has 1 N–H and O–H groups in total. The third-order valence-electron chi connectivity index (χ3n) is 3.20. The van der Waals surface area contributed by atoms with Crippen molar-refractivity contribution in [1.29, 1.82) is 0 Å². The molecule has 0 aliphatic carbocycles. The number of methoxy groups -OCH3 is 1. The molecule has 0 atom stereocenters. The number of para-hydroxylation sites is 1. The number of hydrogen-bond acceptors (Lipinski definition) is 4. The molecule has 0 bridgehead atoms. The minimum absolute atomic E-state index is 0.0848. The van der Waals surface area contributed by atoms with Crippen molar-refractivity contribution in [3.05, 3.63) is 52.0 Å². The minimum Gasteiger partial charge on any atom is -0.487 e. The Morgan fingerprint density at radius 3 is 2.76 bits per heavy atom. The number of carbonyl (C=O) groups excluding carboxylic acids is 1. The normalized spacial score (nSPS) is 10.5. The number of hydrogen-bond donors (Lipinski definition) is 1. The first-order chi connectivity index (χ1) is 12.1. The molecule has 0 aromatic heterocycles. The second-order valence-electron chi connectivity index (χ2n) is 5.03. The van der Waals surface area contributed by atoms with Crippen LogP contribution in [-0.2, 0) is 9.53 Å². The van der Waals surface area contributed by atoms with Gasteiger partial charge in [-0.25, -0.2) is 0 Å². The summed E-state index contributed by atoms with van der Waals surface area (Å²) in [6.45, 7) is 0.808. The minimum atomic E-state index is -0.0848. The van der Waals surface area contributed by atoms with E-state index in [0.29, 0.717) is 41.8 Å². The highest BCUT2D eigenvalue weighted by molar-refractivity contribution is 9.10. The van der Waals surface area contributed by atoms with E-state index in [4.69, 9.17) is 21.1 Å². The van der Waals surface area contributed by atoms with Crippen molar-refractivity contribution in [1.82, 2.24) is 0 Å². The molecule has 1 amide bonds. The van der Waals surface area contributed by atoms with Crippen LogP contribution in [0, 0.1) is 0 Å². The van der Waals surface area contributed by atoms with Crippen LogP contribution in [0.15, 0.2) is 51.8 Å². The second kappa shape index (κ2) is 10.7. The molecular formula is C18H19BrClNO3S. The van der Waals surface area contributed by atoms with Gasteiger partial charge < -0.3 is 14.8 Å². The van der Waals surface area contributed by atoms with Crippen LogP contribution in [0.1, 0.15) is 6.42 Å². The van der Waals surface area contributed by atoms with Crippen LogP contribution in [0.5, 0.6) is 5.75 Å². The van der Waals surface area contributed by atoms with E-state index in [1.807, 2.05) is 24.3 Å². The summed E-state index contributed by atoms with van der Waals surface area (Å²) in [4.78, 5) is 13.3. The van der Waals surface area contributed by atoms with Crippen molar-refractivity contribution in [2.75, 3.05) is 31.4 Å². The quantitative estimate of drug-likeness (QED) is 0.424. The fourth-order valence-electron chi connectivity index (χ4n) is 2.01. The summed E-state index contributed by atoms with van der Waals surface area (Å²) in [6, 6.07) is 13.2. The van der Waals surface area contributed by atoms with Gasteiger partial charge >= 0.3 is 0 Å². The molecule has 0 radical (unpaired) electrons. The Morgan fingerprint density at radius 1 is 1.20 bits per heavy atom. The molecule has 0 saturated heterocycles. The first kappa shape index (κ1) is 20.1. The van der Waals surface area contributed by atoms with E-state index in [2.05, 4.69) is 21.2 Å². The highest BCUT2D eigenvalue weighted by atomic mass is 79.9. The summed E-state index contributed by atoms with van der Waals surface area (Å²) in [7, 11) is 1.60. The van der Waals surface area contributed by atoms with Crippen LogP contribution in [0.3, 0.4) is 0 Å². The molecule has 2 aromatic carbocycles. The van der Waals surface area contributed by atoms with Crippen LogP contribution < -0.4 is 10.1 Å². The maximum atomic E-state index is 12.2. The van der Waals surface area contributed by atoms with E-state index < -0.39 is 0 Å². The summed E-state index contributed by atoms with van der Waals surface area (Å²) in [5, 5.41) is 3.32. The number of halogens is 2. The van der Waals surface area contributed by atoms with E-state index in [1.165, 1.54) is 0 Å². The molecular weight excluding hydrogens is 426 g/mol. The zero-order valence-corrected chi connectivity index (χ0v) is 16.9. The van der Waals surface area contributed by atoms with Gasteiger partial charge in [0.1, 0.15) is 6.61 Å². The molecule has 0 heterocycles. The number of amides is 1. The highest BCUT2D eigenvalue weighted by Gasteiger charge is 2.12. The third-order valence-corrected chi connectivity index (χ3v) is 5.53. The predicted molar refractivity (Wildman–Crippen MR) is 107 cm³/mol. The number of nitrogens with one attached hydrogen (secondary N) is 1. The van der Waals surface area contributed by atoms with E-state index in [9.17, 15) is 4.79 Å². The molecule has 4 nitrogen and oxygen atoms in total. The maximum absolute atomic E-state index is 12.2. The van der Waals surface area contributed by atoms with Gasteiger partial charge in [-0.15, -0.1) is 11.8 Å². The van der Waals surface area contributed by atoms with Gasteiger partial charge in [0.05, 0.1) is 17.3 Å². The Hall–Kier alpha value is -1.21. The van der Waals surface area contributed by atoms with E-state index in [1.54, 1.807) is 37.1 Å². The van der Waals surface area contributed by atoms with Crippen molar-refractivity contribution < 1.29 is 14.3 Å². The van der Waals surface area contributed by atoms with Crippen LogP contribution in [-0.4, -0.2) is 32.0 Å². The molecule has 0 fully saturated rings. The van der Waals surface area contributed by atoms with Gasteiger partial charge in [0.2, 0.25) is 5.91 Å². The monoisotopic (exact) mass is 443 g/mol. The summed E-state index contributed by atoms with van der Waals surface area (Å²) < 4.78 is 11.6. The van der Waals surface area contributed by atoms with Gasteiger partial charge in [-0.1, -0.05) is 29.8 Å². The molecule has 0 saturated carbocycles. The number of anilines is 1. The first-order valence-electron chi connectivity index (χ1n) is 7.69. The van der Waals surface area contributed by atoms with Crippen molar-refractivity contribution in [3.8, 4) is 5.75 Å². The lowest BCUT2D eigenvalue weighted by Gasteiger charge is -2.14. The fraction of sp³-hybridized carbons (Fsp3) is 0.278. The van der Waals surface area contributed by atoms with Gasteiger partial charge in [-0.2, -0.15) is 0 Å². The summed E-state index contributed by atoms with van der Waals surface area (Å²) in [6.07, 6.45) is 0.385. The lowest BCUT2D eigenvalue weighted by atomic mass is 10.2. The second-order valence-corrected chi connectivity index (χ2v) is 7.43. The molecule has 0 aliphatic heterocycles. The van der Waals surface area contributed by atoms with Crippen LogP contribution >= 0.6 is 39.3 Å². The van der Waals surface area contributed by atoms with Crippen LogP contribution in [0.2, 0.25) is 5.02 Å². The summed E-state index contributed by atoms with van der Waals surface area (Å²) >= 11 is 11.3. The average Bonchev–Trinajstić information content (AvgIpc) is 2.59. The molecule has 25 heavy (non-hydrogen) atoms. The molecule has 7 heteroatoms. The standard InChI is InChI=1S/C18H19BrClNO3S/c1-23-10-11-24-18-14(20)6-4-7-15(18)21-17(22)9-12-25-16-8-3-2-5-13(16)19/h2-8H,9-12H2,1H3,(H,21,22). The van der Waals surface area contributed by atoms with E-state index in [0.717, 1.165) is 9.37 Å². The number of ether oxygens (including phenoxy) is 2. The van der Waals surface area contributed by atoms with Gasteiger partial charge in [-0.05, 0) is 40.2 Å². The van der Waals surface area contributed by atoms with E-state index >= 15 is 0 Å². The van der Waals surface area contributed by atoms with Gasteiger partial charge in [0.15, 0.2) is 5.75 Å². The molecule has 0 aliphatic rings. The van der Waals surface area contributed by atoms with Gasteiger partial charge in [-0.3, -0.25) is 4.79 Å². The Morgan fingerprint density at radius 2 is 2.00 bits per heavy atom. The zero-order valence-electron chi connectivity index (χ0n) is 13.8. The van der Waals surface area contributed by atoms with Crippen LogP contribution in [0.4, 0.5) is 5.69 Å². The van der Waals surface area contributed by atoms with E-state index in [-0.39, 0.29) is 5.91 Å². The van der Waals surface area contributed by atoms with Crippen molar-refractivity contribution >= 4 is 50.9 Å². The summed E-state index contributed by atoms with van der Waals surface area (Å²) in [5.74, 6) is 1.06. The predicted octanol–water partition coefficient (Wildman–Crippen LogP) is 5.25. The van der Waals surface area contributed by atoms with Crippen LogP contribution in [0.25, 0.3) is 0 Å². The number of benzene rings is 2. The Kier molecular flexibility index (Phi) is 8.61. The average molecular weight is 445 g/mol. The fourth-order valence-corrected chi connectivity index (χ4v) is 3.75. The third kappa shape index (κ3) is 6.55. The lowest BCUT2D eigenvalue weighted by Crippen LogP contribution is -2.14. The maximum Gasteiger partial charge on any atom is 0.225 e. The topological polar surface area (TPSA) is 47.6 Å². The molecule has 2 aromatic rings. The van der Waals surface area contributed by atoms with Crippen molar-refractivity contribution in [2.45, 2.75) is 11.3 Å².